The van der Waals surface area contributed by atoms with Gasteiger partial charge in [0.25, 0.3) is 0 Å². The highest BCUT2D eigenvalue weighted by Crippen LogP contribution is 2.24. The van der Waals surface area contributed by atoms with Gasteiger partial charge in [-0.05, 0) is 36.9 Å². The van der Waals surface area contributed by atoms with Gasteiger partial charge in [-0.1, -0.05) is 66.7 Å². The number of thioether (sulfide) groups is 1. The molecule has 0 N–H and O–H groups in total. The van der Waals surface area contributed by atoms with Gasteiger partial charge in [0, 0.05) is 23.7 Å². The van der Waals surface area contributed by atoms with Gasteiger partial charge in [-0.25, -0.2) is 4.99 Å². The Morgan fingerprint density at radius 2 is 1.54 bits per heavy atom. The van der Waals surface area contributed by atoms with Crippen molar-refractivity contribution in [1.82, 2.24) is 4.57 Å². The van der Waals surface area contributed by atoms with Crippen molar-refractivity contribution < 1.29 is 4.79 Å². The molecule has 4 heteroatoms. The molecule has 4 aromatic rings. The van der Waals surface area contributed by atoms with E-state index in [-0.39, 0.29) is 5.12 Å². The molecule has 0 fully saturated rings. The van der Waals surface area contributed by atoms with Crippen molar-refractivity contribution in [2.24, 2.45) is 4.99 Å². The van der Waals surface area contributed by atoms with E-state index in [1.165, 1.54) is 11.8 Å². The first kappa shape index (κ1) is 18.3. The zero-order chi connectivity index (χ0) is 19.3. The molecule has 3 aromatic carbocycles. The van der Waals surface area contributed by atoms with Crippen LogP contribution in [0.3, 0.4) is 0 Å². The summed E-state index contributed by atoms with van der Waals surface area (Å²) in [6.45, 7) is 2.92. The van der Waals surface area contributed by atoms with Crippen LogP contribution in [0.15, 0.2) is 101 Å². The zero-order valence-corrected chi connectivity index (χ0v) is 16.4. The number of fused-ring (bicyclic) bond motifs is 1. The van der Waals surface area contributed by atoms with Gasteiger partial charge in [0.1, 0.15) is 0 Å². The maximum absolute atomic E-state index is 12.9. The fourth-order valence-corrected chi connectivity index (χ4v) is 4.03. The first-order chi connectivity index (χ1) is 13.8. The molecular weight excluding hydrogens is 364 g/mol. The van der Waals surface area contributed by atoms with Crippen molar-refractivity contribution in [3.8, 4) is 0 Å². The molecule has 3 nitrogen and oxygen atoms in total. The van der Waals surface area contributed by atoms with E-state index in [0.29, 0.717) is 5.56 Å². The first-order valence-electron chi connectivity index (χ1n) is 9.25. The summed E-state index contributed by atoms with van der Waals surface area (Å²) in [5.74, 6) is 0. The van der Waals surface area contributed by atoms with Crippen molar-refractivity contribution in [3.05, 3.63) is 102 Å². The van der Waals surface area contributed by atoms with E-state index >= 15 is 0 Å². The Hall–Kier alpha value is -3.11. The summed E-state index contributed by atoms with van der Waals surface area (Å²) in [4.78, 5) is 18.6. The summed E-state index contributed by atoms with van der Waals surface area (Å²) >= 11 is 1.23. The van der Waals surface area contributed by atoms with Crippen molar-refractivity contribution in [2.45, 2.75) is 18.4 Å². The second kappa shape index (κ2) is 8.28. The van der Waals surface area contributed by atoms with E-state index in [2.05, 4.69) is 23.6 Å². The molecule has 0 amide bonds. The van der Waals surface area contributed by atoms with Crippen molar-refractivity contribution in [3.63, 3.8) is 0 Å². The number of benzene rings is 3. The number of aryl methyl sites for hydroxylation is 1. The number of aromatic nitrogens is 1. The Bertz CT molecular complexity index is 1180. The monoisotopic (exact) mass is 384 g/mol. The molecule has 0 saturated carbocycles. The maximum atomic E-state index is 12.9. The van der Waals surface area contributed by atoms with Gasteiger partial charge in [0.2, 0.25) is 5.12 Å². The molecule has 0 saturated heterocycles. The third-order valence-electron chi connectivity index (χ3n) is 4.53. The molecule has 138 valence electrons. The topological polar surface area (TPSA) is 34.4 Å². The molecule has 0 spiro atoms. The molecular formula is C24H20N2OS. The van der Waals surface area contributed by atoms with Crippen LogP contribution in [0.25, 0.3) is 10.9 Å². The number of rotatable bonds is 4. The lowest BCUT2D eigenvalue weighted by atomic mass is 10.2. The molecule has 0 atom stereocenters. The minimum Gasteiger partial charge on any atom is -0.346 e. The Kier molecular flexibility index (Phi) is 5.40. The van der Waals surface area contributed by atoms with Crippen LogP contribution in [0.4, 0.5) is 5.69 Å². The highest BCUT2D eigenvalue weighted by Gasteiger charge is 2.13. The van der Waals surface area contributed by atoms with Crippen LogP contribution < -0.4 is 5.36 Å². The quantitative estimate of drug-likeness (QED) is 0.415. The molecule has 28 heavy (non-hydrogen) atoms. The van der Waals surface area contributed by atoms with E-state index in [0.717, 1.165) is 33.4 Å². The Labute approximate surface area is 168 Å². The summed E-state index contributed by atoms with van der Waals surface area (Å²) in [5.41, 5.74) is 2.67. The van der Waals surface area contributed by atoms with Crippen molar-refractivity contribution in [1.29, 1.82) is 0 Å². The third kappa shape index (κ3) is 3.78. The van der Waals surface area contributed by atoms with E-state index in [1.807, 2.05) is 79.0 Å². The van der Waals surface area contributed by atoms with Gasteiger partial charge in [-0.15, -0.1) is 0 Å². The normalized spacial score (nSPS) is 11.7. The van der Waals surface area contributed by atoms with Crippen LogP contribution in [0.5, 0.6) is 0 Å². The molecule has 0 bridgehead atoms. The van der Waals surface area contributed by atoms with E-state index in [4.69, 9.17) is 4.99 Å². The first-order valence-corrected chi connectivity index (χ1v) is 10.1. The van der Waals surface area contributed by atoms with E-state index in [9.17, 15) is 4.79 Å². The predicted molar refractivity (Wildman–Crippen MR) is 116 cm³/mol. The van der Waals surface area contributed by atoms with Crippen LogP contribution in [-0.4, -0.2) is 9.68 Å². The van der Waals surface area contributed by atoms with Gasteiger partial charge in [0.05, 0.1) is 21.5 Å². The van der Waals surface area contributed by atoms with Crippen LogP contribution in [0.2, 0.25) is 0 Å². The lowest BCUT2D eigenvalue weighted by molar-refractivity contribution is 0.108. The van der Waals surface area contributed by atoms with E-state index in [1.54, 1.807) is 0 Å². The Morgan fingerprint density at radius 1 is 0.893 bits per heavy atom. The van der Waals surface area contributed by atoms with Gasteiger partial charge in [0.15, 0.2) is 0 Å². The number of nitrogens with zero attached hydrogens (tertiary/aromatic N) is 2. The molecule has 0 radical (unpaired) electrons. The largest absolute Gasteiger partial charge is 0.346 e. The second-order valence-electron chi connectivity index (χ2n) is 6.35. The average molecular weight is 385 g/mol. The highest BCUT2D eigenvalue weighted by atomic mass is 32.2. The van der Waals surface area contributed by atoms with Crippen molar-refractivity contribution >= 4 is 33.5 Å². The number of carbonyl (C=O) groups excluding carboxylic acids is 1. The molecule has 0 aliphatic heterocycles. The third-order valence-corrected chi connectivity index (χ3v) is 5.46. The molecule has 4 rings (SSSR count). The van der Waals surface area contributed by atoms with E-state index < -0.39 is 0 Å². The fraction of sp³-hybridized carbons (Fsp3) is 0.0833. The second-order valence-corrected chi connectivity index (χ2v) is 7.36. The van der Waals surface area contributed by atoms with Crippen LogP contribution in [-0.2, 0) is 6.54 Å². The lowest BCUT2D eigenvalue weighted by Gasteiger charge is -2.13. The fourth-order valence-electron chi connectivity index (χ4n) is 3.15. The highest BCUT2D eigenvalue weighted by molar-refractivity contribution is 8.14. The van der Waals surface area contributed by atoms with Crippen LogP contribution >= 0.6 is 11.8 Å². The molecule has 0 unspecified atom stereocenters. The van der Waals surface area contributed by atoms with Gasteiger partial charge >= 0.3 is 0 Å². The number of pyridine rings is 1. The summed E-state index contributed by atoms with van der Waals surface area (Å²) in [5, 5.41) is 1.89. The molecule has 0 aliphatic carbocycles. The Morgan fingerprint density at radius 3 is 2.25 bits per heavy atom. The maximum Gasteiger partial charge on any atom is 0.224 e. The molecule has 1 aromatic heterocycles. The van der Waals surface area contributed by atoms with Gasteiger partial charge in [-0.3, -0.25) is 4.79 Å². The number of para-hydroxylation sites is 2. The SMILES string of the molecule is CCn1cc(SC(=O)c2ccccc2)c(=Nc2ccccc2)c2ccccc21. The summed E-state index contributed by atoms with van der Waals surface area (Å²) in [6.07, 6.45) is 2.04. The number of hydrogen-bond acceptors (Lipinski definition) is 3. The summed E-state index contributed by atoms with van der Waals surface area (Å²) in [6, 6.07) is 27.4. The smallest absolute Gasteiger partial charge is 0.224 e. The van der Waals surface area contributed by atoms with Crippen LogP contribution in [0.1, 0.15) is 17.3 Å². The van der Waals surface area contributed by atoms with Gasteiger partial charge in [-0.2, -0.15) is 0 Å². The molecule has 0 aliphatic rings. The summed E-state index contributed by atoms with van der Waals surface area (Å²) < 4.78 is 2.17. The minimum absolute atomic E-state index is 0.0167. The average Bonchev–Trinajstić information content (AvgIpc) is 2.76. The summed E-state index contributed by atoms with van der Waals surface area (Å²) in [7, 11) is 0. The number of hydrogen-bond donors (Lipinski definition) is 0. The number of carbonyl (C=O) groups is 1. The standard InChI is InChI=1S/C24H20N2OS/c1-2-26-17-22(28-24(27)18-11-5-3-6-12-18)23(20-15-9-10-16-21(20)26)25-19-13-7-4-8-14-19/h3-17H,2H2,1H3. The lowest BCUT2D eigenvalue weighted by Crippen LogP contribution is -2.13. The van der Waals surface area contributed by atoms with Gasteiger partial charge < -0.3 is 4.57 Å². The predicted octanol–water partition coefficient (Wildman–Crippen LogP) is 5.83. The zero-order valence-electron chi connectivity index (χ0n) is 15.6. The van der Waals surface area contributed by atoms with Crippen LogP contribution in [0, 0.1) is 0 Å². The van der Waals surface area contributed by atoms with Crippen molar-refractivity contribution in [2.75, 3.05) is 0 Å². The minimum atomic E-state index is 0.0167. The Balaban J connectivity index is 1.93. The molecule has 1 heterocycles.